The monoisotopic (exact) mass is 167 g/mol. The molecule has 0 aromatic heterocycles. The fourth-order valence-corrected chi connectivity index (χ4v) is 1.05. The molecule has 64 valence electrons. The van der Waals surface area contributed by atoms with Gasteiger partial charge in [-0.2, -0.15) is 13.2 Å². The number of hydrogen-bond donors (Lipinski definition) is 1. The second-order valence-corrected chi connectivity index (χ2v) is 2.74. The van der Waals surface area contributed by atoms with E-state index in [0.29, 0.717) is 0 Å². The summed E-state index contributed by atoms with van der Waals surface area (Å²) in [5, 5.41) is 1.88. The lowest BCUT2D eigenvalue weighted by Gasteiger charge is -2.13. The van der Waals surface area contributed by atoms with Crippen LogP contribution in [0, 0.1) is 5.92 Å². The van der Waals surface area contributed by atoms with Crippen LogP contribution in [0.2, 0.25) is 0 Å². The molecule has 11 heavy (non-hydrogen) atoms. The molecule has 1 N–H and O–H groups in total. The van der Waals surface area contributed by atoms with Gasteiger partial charge in [0.25, 0.3) is 0 Å². The van der Waals surface area contributed by atoms with Gasteiger partial charge >= 0.3 is 6.18 Å². The van der Waals surface area contributed by atoms with E-state index >= 15 is 0 Å². The van der Waals surface area contributed by atoms with E-state index in [4.69, 9.17) is 0 Å². The lowest BCUT2D eigenvalue weighted by Crippen LogP contribution is -2.38. The number of alkyl halides is 3. The van der Waals surface area contributed by atoms with E-state index in [-0.39, 0.29) is 6.42 Å². The molecule has 0 saturated carbocycles. The van der Waals surface area contributed by atoms with Crippen molar-refractivity contribution >= 4 is 5.91 Å². The summed E-state index contributed by atoms with van der Waals surface area (Å²) in [6, 6.07) is -1.63. The van der Waals surface area contributed by atoms with Crippen molar-refractivity contribution in [3.8, 4) is 0 Å². The number of rotatable bonds is 0. The quantitative estimate of drug-likeness (QED) is 0.574. The Hall–Kier alpha value is -0.740. The largest absolute Gasteiger partial charge is 0.408 e. The van der Waals surface area contributed by atoms with Crippen molar-refractivity contribution in [2.45, 2.75) is 25.6 Å². The summed E-state index contributed by atoms with van der Waals surface area (Å²) in [4.78, 5) is 10.6. The fraction of sp³-hybridized carbons (Fsp3) is 0.833. The van der Waals surface area contributed by atoms with Crippen molar-refractivity contribution in [3.63, 3.8) is 0 Å². The SMILES string of the molecule is CC1CC(C(F)(F)F)NC1=O. The van der Waals surface area contributed by atoms with Gasteiger partial charge in [0.1, 0.15) is 6.04 Å². The molecule has 0 spiro atoms. The maximum atomic E-state index is 11.9. The van der Waals surface area contributed by atoms with Crippen LogP contribution in [0.1, 0.15) is 13.3 Å². The molecule has 0 aliphatic carbocycles. The van der Waals surface area contributed by atoms with Crippen LogP contribution >= 0.6 is 0 Å². The van der Waals surface area contributed by atoms with E-state index in [0.717, 1.165) is 0 Å². The van der Waals surface area contributed by atoms with Gasteiger partial charge in [-0.25, -0.2) is 0 Å². The van der Waals surface area contributed by atoms with Gasteiger partial charge in [0.15, 0.2) is 0 Å². The van der Waals surface area contributed by atoms with Crippen molar-refractivity contribution in [1.29, 1.82) is 0 Å². The van der Waals surface area contributed by atoms with Crippen LogP contribution in [0.25, 0.3) is 0 Å². The van der Waals surface area contributed by atoms with Gasteiger partial charge in [0.05, 0.1) is 0 Å². The predicted octanol–water partition coefficient (Wildman–Crippen LogP) is 1.07. The first-order valence-electron chi connectivity index (χ1n) is 3.28. The second-order valence-electron chi connectivity index (χ2n) is 2.74. The molecule has 0 radical (unpaired) electrons. The zero-order valence-corrected chi connectivity index (χ0v) is 5.90. The summed E-state index contributed by atoms with van der Waals surface area (Å²) in [5.74, 6) is -1.02. The Balaban J connectivity index is 2.61. The highest BCUT2D eigenvalue weighted by Crippen LogP contribution is 2.28. The van der Waals surface area contributed by atoms with Crippen molar-refractivity contribution in [2.24, 2.45) is 5.92 Å². The number of halogens is 3. The summed E-state index contributed by atoms with van der Waals surface area (Å²) < 4.78 is 35.7. The van der Waals surface area contributed by atoms with Crippen molar-refractivity contribution in [3.05, 3.63) is 0 Å². The summed E-state index contributed by atoms with van der Waals surface area (Å²) in [6.07, 6.45) is -4.43. The first kappa shape index (κ1) is 8.36. The summed E-state index contributed by atoms with van der Waals surface area (Å²) in [7, 11) is 0. The van der Waals surface area contributed by atoms with Gasteiger partial charge < -0.3 is 5.32 Å². The molecule has 5 heteroatoms. The molecule has 1 fully saturated rings. The van der Waals surface area contributed by atoms with E-state index in [1.165, 1.54) is 6.92 Å². The minimum atomic E-state index is -4.29. The Morgan fingerprint density at radius 2 is 2.09 bits per heavy atom. The van der Waals surface area contributed by atoms with E-state index in [1.807, 2.05) is 5.32 Å². The average Bonchev–Trinajstić information content (AvgIpc) is 2.11. The third-order valence-corrected chi connectivity index (χ3v) is 1.75. The Morgan fingerprint density at radius 3 is 2.27 bits per heavy atom. The third-order valence-electron chi connectivity index (χ3n) is 1.75. The molecule has 0 aromatic carbocycles. The van der Waals surface area contributed by atoms with Crippen LogP contribution in [0.15, 0.2) is 0 Å². The molecular formula is C6H8F3NO. The molecule has 1 aliphatic heterocycles. The molecule has 1 saturated heterocycles. The maximum absolute atomic E-state index is 11.9. The van der Waals surface area contributed by atoms with Crippen molar-refractivity contribution in [2.75, 3.05) is 0 Å². The molecule has 0 aromatic rings. The number of carbonyl (C=O) groups is 1. The van der Waals surface area contributed by atoms with Crippen LogP contribution < -0.4 is 5.32 Å². The Morgan fingerprint density at radius 1 is 1.55 bits per heavy atom. The molecular weight excluding hydrogens is 159 g/mol. The topological polar surface area (TPSA) is 29.1 Å². The molecule has 2 unspecified atom stereocenters. The standard InChI is InChI=1S/C6H8F3NO/c1-3-2-4(6(7,8)9)10-5(3)11/h3-4H,2H2,1H3,(H,10,11). The minimum Gasteiger partial charge on any atom is -0.344 e. The third kappa shape index (κ3) is 1.64. The van der Waals surface area contributed by atoms with Gasteiger partial charge in [0.2, 0.25) is 5.91 Å². The maximum Gasteiger partial charge on any atom is 0.408 e. The second kappa shape index (κ2) is 2.39. The number of amides is 1. The Kier molecular flexibility index (Phi) is 1.82. The van der Waals surface area contributed by atoms with E-state index in [1.54, 1.807) is 0 Å². The minimum absolute atomic E-state index is 0.137. The number of nitrogens with one attached hydrogen (secondary N) is 1. The molecule has 1 aliphatic rings. The van der Waals surface area contributed by atoms with Gasteiger partial charge in [-0.3, -0.25) is 4.79 Å². The van der Waals surface area contributed by atoms with E-state index in [2.05, 4.69) is 0 Å². The zero-order chi connectivity index (χ0) is 8.65. The lowest BCUT2D eigenvalue weighted by atomic mass is 10.1. The van der Waals surface area contributed by atoms with Gasteiger partial charge in [-0.05, 0) is 6.42 Å². The first-order valence-corrected chi connectivity index (χ1v) is 3.28. The molecule has 1 heterocycles. The Bertz CT molecular complexity index is 177. The number of carbonyl (C=O) groups excluding carboxylic acids is 1. The zero-order valence-electron chi connectivity index (χ0n) is 5.90. The normalized spacial score (nSPS) is 32.2. The average molecular weight is 167 g/mol. The summed E-state index contributed by atoms with van der Waals surface area (Å²) >= 11 is 0. The highest BCUT2D eigenvalue weighted by Gasteiger charge is 2.46. The van der Waals surface area contributed by atoms with Crippen molar-refractivity contribution < 1.29 is 18.0 Å². The molecule has 2 nitrogen and oxygen atoms in total. The first-order chi connectivity index (χ1) is 4.91. The predicted molar refractivity (Wildman–Crippen MR) is 31.8 cm³/mol. The summed E-state index contributed by atoms with van der Waals surface area (Å²) in [6.45, 7) is 1.49. The highest BCUT2D eigenvalue weighted by atomic mass is 19.4. The van der Waals surface area contributed by atoms with E-state index in [9.17, 15) is 18.0 Å². The van der Waals surface area contributed by atoms with Crippen LogP contribution in [0.4, 0.5) is 13.2 Å². The fourth-order valence-electron chi connectivity index (χ4n) is 1.05. The van der Waals surface area contributed by atoms with Gasteiger partial charge in [0, 0.05) is 5.92 Å². The van der Waals surface area contributed by atoms with Crippen LogP contribution in [0.3, 0.4) is 0 Å². The van der Waals surface area contributed by atoms with Crippen LogP contribution in [-0.4, -0.2) is 18.1 Å². The van der Waals surface area contributed by atoms with Gasteiger partial charge in [-0.1, -0.05) is 6.92 Å². The van der Waals surface area contributed by atoms with Crippen molar-refractivity contribution in [1.82, 2.24) is 5.32 Å². The smallest absolute Gasteiger partial charge is 0.344 e. The lowest BCUT2D eigenvalue weighted by molar-refractivity contribution is -0.154. The molecule has 1 rings (SSSR count). The van der Waals surface area contributed by atoms with Gasteiger partial charge in [-0.15, -0.1) is 0 Å². The van der Waals surface area contributed by atoms with Crippen LogP contribution in [-0.2, 0) is 4.79 Å². The Labute approximate surface area is 61.8 Å². The summed E-state index contributed by atoms with van der Waals surface area (Å²) in [5.41, 5.74) is 0. The highest BCUT2D eigenvalue weighted by molar-refractivity contribution is 5.80. The van der Waals surface area contributed by atoms with Crippen LogP contribution in [0.5, 0.6) is 0 Å². The van der Waals surface area contributed by atoms with E-state index < -0.39 is 24.0 Å². The number of hydrogen-bond acceptors (Lipinski definition) is 1. The molecule has 1 amide bonds. The molecule has 0 bridgehead atoms. The molecule has 2 atom stereocenters.